The molecule has 0 unspecified atom stereocenters. The van der Waals surface area contributed by atoms with Crippen LogP contribution < -0.4 is 0 Å². The SMILES string of the molecule is CSCCCCCCCCCCCCCCCC(=O)OCc1cccnc1. The summed E-state index contributed by atoms with van der Waals surface area (Å²) in [5.74, 6) is 1.24. The van der Waals surface area contributed by atoms with Crippen molar-refractivity contribution in [1.29, 1.82) is 0 Å². The van der Waals surface area contributed by atoms with Crippen molar-refractivity contribution in [3.8, 4) is 0 Å². The number of aromatic nitrogens is 1. The summed E-state index contributed by atoms with van der Waals surface area (Å²) in [4.78, 5) is 15.7. The summed E-state index contributed by atoms with van der Waals surface area (Å²) >= 11 is 1.96. The molecular weight excluding hydrogens is 354 g/mol. The second-order valence-corrected chi connectivity index (χ2v) is 8.35. The number of hydrogen-bond acceptors (Lipinski definition) is 4. The van der Waals surface area contributed by atoms with Gasteiger partial charge in [-0.1, -0.05) is 76.7 Å². The summed E-state index contributed by atoms with van der Waals surface area (Å²) in [7, 11) is 0. The van der Waals surface area contributed by atoms with Crippen molar-refractivity contribution in [2.24, 2.45) is 0 Å². The number of esters is 1. The number of carbonyl (C=O) groups is 1. The Morgan fingerprint density at radius 1 is 0.889 bits per heavy atom. The molecule has 1 aromatic rings. The number of thioether (sulfide) groups is 1. The molecule has 0 aliphatic rings. The van der Waals surface area contributed by atoms with Gasteiger partial charge in [-0.25, -0.2) is 0 Å². The van der Waals surface area contributed by atoms with Crippen LogP contribution >= 0.6 is 11.8 Å². The van der Waals surface area contributed by atoms with Crippen molar-refractivity contribution < 1.29 is 9.53 Å². The topological polar surface area (TPSA) is 39.2 Å². The zero-order chi connectivity index (χ0) is 19.4. The standard InChI is InChI=1S/C23H39NO2S/c1-27-19-14-12-10-8-6-4-2-3-5-7-9-11-13-17-23(25)26-21-22-16-15-18-24-20-22/h15-16,18,20H,2-14,17,19,21H2,1H3. The molecule has 0 saturated heterocycles. The van der Waals surface area contributed by atoms with E-state index in [-0.39, 0.29) is 5.97 Å². The Hall–Kier alpha value is -1.03. The Balaban J connectivity index is 1.77. The average Bonchev–Trinajstić information content (AvgIpc) is 2.70. The lowest BCUT2D eigenvalue weighted by Gasteiger charge is -2.05. The first kappa shape index (κ1) is 24.0. The highest BCUT2D eigenvalue weighted by molar-refractivity contribution is 7.98. The van der Waals surface area contributed by atoms with Crippen molar-refractivity contribution in [2.45, 2.75) is 96.5 Å². The van der Waals surface area contributed by atoms with Crippen LogP contribution in [-0.2, 0) is 16.1 Å². The molecule has 0 amide bonds. The van der Waals surface area contributed by atoms with E-state index in [1.54, 1.807) is 12.4 Å². The molecule has 0 radical (unpaired) electrons. The Bertz CT molecular complexity index is 453. The number of rotatable bonds is 18. The highest BCUT2D eigenvalue weighted by atomic mass is 32.2. The molecule has 27 heavy (non-hydrogen) atoms. The van der Waals surface area contributed by atoms with Crippen LogP contribution in [0.4, 0.5) is 0 Å². The van der Waals surface area contributed by atoms with E-state index in [2.05, 4.69) is 11.2 Å². The molecule has 0 N–H and O–H groups in total. The van der Waals surface area contributed by atoms with Gasteiger partial charge in [-0.05, 0) is 30.9 Å². The predicted octanol–water partition coefficient (Wildman–Crippen LogP) is 6.95. The fourth-order valence-corrected chi connectivity index (χ4v) is 3.67. The first-order valence-electron chi connectivity index (χ1n) is 10.9. The summed E-state index contributed by atoms with van der Waals surface area (Å²) in [6, 6.07) is 3.78. The predicted molar refractivity (Wildman–Crippen MR) is 117 cm³/mol. The molecule has 0 atom stereocenters. The van der Waals surface area contributed by atoms with Gasteiger partial charge in [-0.3, -0.25) is 9.78 Å². The van der Waals surface area contributed by atoms with Gasteiger partial charge in [0, 0.05) is 24.4 Å². The van der Waals surface area contributed by atoms with Crippen LogP contribution in [0.25, 0.3) is 0 Å². The fraction of sp³-hybridized carbons (Fsp3) is 0.739. The third-order valence-electron chi connectivity index (χ3n) is 4.85. The Morgan fingerprint density at radius 3 is 1.96 bits per heavy atom. The van der Waals surface area contributed by atoms with E-state index in [0.717, 1.165) is 18.4 Å². The minimum absolute atomic E-state index is 0.0905. The Morgan fingerprint density at radius 2 is 1.44 bits per heavy atom. The van der Waals surface area contributed by atoms with E-state index in [9.17, 15) is 4.79 Å². The molecule has 0 spiro atoms. The first-order chi connectivity index (χ1) is 13.3. The summed E-state index contributed by atoms with van der Waals surface area (Å²) in [6.07, 6.45) is 23.4. The number of unbranched alkanes of at least 4 members (excludes halogenated alkanes) is 12. The zero-order valence-electron chi connectivity index (χ0n) is 17.3. The van der Waals surface area contributed by atoms with Gasteiger partial charge in [0.1, 0.15) is 6.61 Å². The number of nitrogens with zero attached hydrogens (tertiary/aromatic N) is 1. The number of hydrogen-bond donors (Lipinski definition) is 0. The van der Waals surface area contributed by atoms with Gasteiger partial charge in [0.05, 0.1) is 0 Å². The maximum Gasteiger partial charge on any atom is 0.306 e. The van der Waals surface area contributed by atoms with Crippen LogP contribution in [0.15, 0.2) is 24.5 Å². The third-order valence-corrected chi connectivity index (χ3v) is 5.55. The van der Waals surface area contributed by atoms with E-state index < -0.39 is 0 Å². The maximum absolute atomic E-state index is 11.7. The lowest BCUT2D eigenvalue weighted by Crippen LogP contribution is -2.04. The molecule has 0 aliphatic heterocycles. The molecule has 1 rings (SSSR count). The van der Waals surface area contributed by atoms with Gasteiger partial charge < -0.3 is 4.74 Å². The molecule has 0 saturated carbocycles. The monoisotopic (exact) mass is 393 g/mol. The van der Waals surface area contributed by atoms with E-state index in [4.69, 9.17) is 4.74 Å². The van der Waals surface area contributed by atoms with Crippen LogP contribution in [0.1, 0.15) is 95.5 Å². The quantitative estimate of drug-likeness (QED) is 0.200. The maximum atomic E-state index is 11.7. The zero-order valence-corrected chi connectivity index (χ0v) is 18.1. The smallest absolute Gasteiger partial charge is 0.306 e. The van der Waals surface area contributed by atoms with Gasteiger partial charge in [-0.15, -0.1) is 0 Å². The van der Waals surface area contributed by atoms with Crippen LogP contribution in [0.3, 0.4) is 0 Å². The molecule has 3 nitrogen and oxygen atoms in total. The fourth-order valence-electron chi connectivity index (χ4n) is 3.18. The molecule has 154 valence electrons. The molecule has 0 aliphatic carbocycles. The molecule has 0 bridgehead atoms. The van der Waals surface area contributed by atoms with Gasteiger partial charge in [0.25, 0.3) is 0 Å². The third kappa shape index (κ3) is 15.7. The number of ether oxygens (including phenoxy) is 1. The van der Waals surface area contributed by atoms with E-state index in [1.807, 2.05) is 23.9 Å². The molecule has 0 aromatic carbocycles. The second-order valence-electron chi connectivity index (χ2n) is 7.36. The lowest BCUT2D eigenvalue weighted by molar-refractivity contribution is -0.145. The molecule has 1 aromatic heterocycles. The molecular formula is C23H39NO2S. The Labute approximate surface area is 171 Å². The lowest BCUT2D eigenvalue weighted by atomic mass is 10.0. The first-order valence-corrected chi connectivity index (χ1v) is 12.3. The van der Waals surface area contributed by atoms with Crippen LogP contribution in [0, 0.1) is 0 Å². The summed E-state index contributed by atoms with van der Waals surface area (Å²) in [6.45, 7) is 0.338. The van der Waals surface area contributed by atoms with Crippen LogP contribution in [0.5, 0.6) is 0 Å². The van der Waals surface area contributed by atoms with Gasteiger partial charge in [-0.2, -0.15) is 11.8 Å². The normalized spacial score (nSPS) is 10.9. The van der Waals surface area contributed by atoms with Crippen molar-refractivity contribution in [3.63, 3.8) is 0 Å². The number of carbonyl (C=O) groups excluding carboxylic acids is 1. The van der Waals surface area contributed by atoms with Crippen molar-refractivity contribution in [1.82, 2.24) is 4.98 Å². The van der Waals surface area contributed by atoms with E-state index in [1.165, 1.54) is 76.4 Å². The van der Waals surface area contributed by atoms with Gasteiger partial charge >= 0.3 is 5.97 Å². The van der Waals surface area contributed by atoms with Gasteiger partial charge in [0.15, 0.2) is 0 Å². The molecule has 0 fully saturated rings. The molecule has 1 heterocycles. The van der Waals surface area contributed by atoms with Crippen LogP contribution in [-0.4, -0.2) is 23.0 Å². The Kier molecular flexibility index (Phi) is 16.3. The van der Waals surface area contributed by atoms with Crippen molar-refractivity contribution >= 4 is 17.7 Å². The largest absolute Gasteiger partial charge is 0.461 e. The van der Waals surface area contributed by atoms with Gasteiger partial charge in [0.2, 0.25) is 0 Å². The van der Waals surface area contributed by atoms with E-state index in [0.29, 0.717) is 13.0 Å². The minimum atomic E-state index is -0.0905. The minimum Gasteiger partial charge on any atom is -0.461 e. The number of pyridine rings is 1. The van der Waals surface area contributed by atoms with E-state index >= 15 is 0 Å². The van der Waals surface area contributed by atoms with Crippen LogP contribution in [0.2, 0.25) is 0 Å². The highest BCUT2D eigenvalue weighted by Crippen LogP contribution is 2.13. The van der Waals surface area contributed by atoms with Crippen molar-refractivity contribution in [3.05, 3.63) is 30.1 Å². The summed E-state index contributed by atoms with van der Waals surface area (Å²) < 4.78 is 5.27. The van der Waals surface area contributed by atoms with Crippen molar-refractivity contribution in [2.75, 3.05) is 12.0 Å². The highest BCUT2D eigenvalue weighted by Gasteiger charge is 2.03. The molecule has 4 heteroatoms. The summed E-state index contributed by atoms with van der Waals surface area (Å²) in [5, 5.41) is 0. The summed E-state index contributed by atoms with van der Waals surface area (Å²) in [5.41, 5.74) is 0.946. The average molecular weight is 394 g/mol. The second kappa shape index (κ2) is 18.3.